The van der Waals surface area contributed by atoms with E-state index in [1.54, 1.807) is 6.07 Å². The highest BCUT2D eigenvalue weighted by molar-refractivity contribution is 8.00. The molecule has 2 rings (SSSR count). The van der Waals surface area contributed by atoms with Crippen LogP contribution in [0.5, 0.6) is 0 Å². The van der Waals surface area contributed by atoms with E-state index >= 15 is 0 Å². The van der Waals surface area contributed by atoms with Crippen molar-refractivity contribution >= 4 is 30.1 Å². The normalized spacial score (nSPS) is 19.4. The van der Waals surface area contributed by atoms with Crippen molar-refractivity contribution < 1.29 is 9.21 Å². The Hall–Kier alpha value is -0.650. The Labute approximate surface area is 124 Å². The molecule has 0 bridgehead atoms. The number of furan rings is 1. The van der Waals surface area contributed by atoms with Crippen molar-refractivity contribution in [3.8, 4) is 0 Å². The molecular weight excluding hydrogens is 284 g/mol. The van der Waals surface area contributed by atoms with Crippen LogP contribution < -0.4 is 5.73 Å². The number of nitrogens with two attached hydrogens (primary N) is 1. The van der Waals surface area contributed by atoms with Crippen LogP contribution in [0, 0.1) is 5.92 Å². The van der Waals surface area contributed by atoms with Gasteiger partial charge in [-0.15, -0.1) is 12.4 Å². The van der Waals surface area contributed by atoms with Crippen LogP contribution >= 0.6 is 24.2 Å². The van der Waals surface area contributed by atoms with E-state index in [-0.39, 0.29) is 18.3 Å². The van der Waals surface area contributed by atoms with Crippen molar-refractivity contribution in [2.75, 3.05) is 18.8 Å². The zero-order chi connectivity index (χ0) is 13.1. The van der Waals surface area contributed by atoms with Crippen LogP contribution in [0.1, 0.15) is 30.0 Å². The van der Waals surface area contributed by atoms with E-state index < -0.39 is 0 Å². The second kappa shape index (κ2) is 7.22. The molecule has 2 N–H and O–H groups in total. The first-order valence-electron chi connectivity index (χ1n) is 6.30. The molecule has 108 valence electrons. The van der Waals surface area contributed by atoms with Gasteiger partial charge in [0.05, 0.1) is 12.1 Å². The van der Waals surface area contributed by atoms with E-state index in [1.807, 2.05) is 16.7 Å². The lowest BCUT2D eigenvalue weighted by Gasteiger charge is -2.34. The van der Waals surface area contributed by atoms with Crippen LogP contribution in [0.15, 0.2) is 16.7 Å². The number of hydrogen-bond donors (Lipinski definition) is 1. The number of carbonyl (C=O) groups is 1. The van der Waals surface area contributed by atoms with Gasteiger partial charge in [0, 0.05) is 24.1 Å². The molecule has 1 aliphatic rings. The van der Waals surface area contributed by atoms with Gasteiger partial charge in [0.15, 0.2) is 0 Å². The van der Waals surface area contributed by atoms with Crippen molar-refractivity contribution in [1.29, 1.82) is 0 Å². The number of halogens is 1. The van der Waals surface area contributed by atoms with E-state index in [0.29, 0.717) is 29.0 Å². The minimum absolute atomic E-state index is 0. The summed E-state index contributed by atoms with van der Waals surface area (Å²) in [6.07, 6.45) is 1.51. The van der Waals surface area contributed by atoms with Crippen LogP contribution in [0.25, 0.3) is 0 Å². The van der Waals surface area contributed by atoms with Gasteiger partial charge in [-0.1, -0.05) is 13.8 Å². The predicted octanol–water partition coefficient (Wildman–Crippen LogP) is 2.37. The minimum Gasteiger partial charge on any atom is -0.467 e. The fourth-order valence-electron chi connectivity index (χ4n) is 2.05. The van der Waals surface area contributed by atoms with Crippen LogP contribution in [-0.2, 0) is 6.54 Å². The van der Waals surface area contributed by atoms with Gasteiger partial charge in [0.2, 0.25) is 0 Å². The SMILES string of the molecule is CC(C)C1CN(C(=O)c2coc(CN)c2)CCS1.Cl. The third-order valence-corrected chi connectivity index (χ3v) is 4.77. The molecule has 1 saturated heterocycles. The van der Waals surface area contributed by atoms with E-state index in [0.717, 1.165) is 18.8 Å². The highest BCUT2D eigenvalue weighted by Gasteiger charge is 2.27. The first-order chi connectivity index (χ1) is 8.61. The molecular formula is C13H21ClN2O2S. The third kappa shape index (κ3) is 3.91. The largest absolute Gasteiger partial charge is 0.467 e. The molecule has 19 heavy (non-hydrogen) atoms. The van der Waals surface area contributed by atoms with Crippen molar-refractivity contribution in [3.05, 3.63) is 23.7 Å². The Balaban J connectivity index is 0.00000180. The predicted molar refractivity (Wildman–Crippen MR) is 80.8 cm³/mol. The molecule has 1 fully saturated rings. The number of carbonyl (C=O) groups excluding carboxylic acids is 1. The Kier molecular flexibility index (Phi) is 6.23. The summed E-state index contributed by atoms with van der Waals surface area (Å²) in [7, 11) is 0. The quantitative estimate of drug-likeness (QED) is 0.931. The van der Waals surface area contributed by atoms with Gasteiger partial charge in [0.1, 0.15) is 12.0 Å². The second-order valence-electron chi connectivity index (χ2n) is 4.91. The molecule has 1 aromatic rings. The third-order valence-electron chi connectivity index (χ3n) is 3.23. The van der Waals surface area contributed by atoms with Crippen molar-refractivity contribution in [3.63, 3.8) is 0 Å². The number of amides is 1. The van der Waals surface area contributed by atoms with Crippen molar-refractivity contribution in [2.24, 2.45) is 11.7 Å². The van der Waals surface area contributed by atoms with Crippen LogP contribution in [0.4, 0.5) is 0 Å². The molecule has 0 aliphatic carbocycles. The van der Waals surface area contributed by atoms with Gasteiger partial charge < -0.3 is 15.1 Å². The number of thioether (sulfide) groups is 1. The Morgan fingerprint density at radius 3 is 2.95 bits per heavy atom. The zero-order valence-electron chi connectivity index (χ0n) is 11.3. The summed E-state index contributed by atoms with van der Waals surface area (Å²) in [6.45, 7) is 6.38. The van der Waals surface area contributed by atoms with Crippen LogP contribution in [0.2, 0.25) is 0 Å². The number of nitrogens with zero attached hydrogens (tertiary/aromatic N) is 1. The lowest BCUT2D eigenvalue weighted by Crippen LogP contribution is -2.43. The highest BCUT2D eigenvalue weighted by atomic mass is 35.5. The Morgan fingerprint density at radius 2 is 2.37 bits per heavy atom. The average Bonchev–Trinajstić information content (AvgIpc) is 2.86. The number of rotatable bonds is 3. The van der Waals surface area contributed by atoms with Gasteiger partial charge in [0.25, 0.3) is 5.91 Å². The summed E-state index contributed by atoms with van der Waals surface area (Å²) < 4.78 is 5.22. The maximum Gasteiger partial charge on any atom is 0.257 e. The zero-order valence-corrected chi connectivity index (χ0v) is 12.9. The first kappa shape index (κ1) is 16.4. The highest BCUT2D eigenvalue weighted by Crippen LogP contribution is 2.26. The van der Waals surface area contributed by atoms with E-state index in [9.17, 15) is 4.79 Å². The molecule has 1 unspecified atom stereocenters. The van der Waals surface area contributed by atoms with Gasteiger partial charge in [-0.05, 0) is 12.0 Å². The first-order valence-corrected chi connectivity index (χ1v) is 7.35. The lowest BCUT2D eigenvalue weighted by atomic mass is 10.1. The van der Waals surface area contributed by atoms with E-state index in [1.165, 1.54) is 6.26 Å². The average molecular weight is 305 g/mol. The smallest absolute Gasteiger partial charge is 0.257 e. The Bertz CT molecular complexity index is 423. The summed E-state index contributed by atoms with van der Waals surface area (Å²) in [5.74, 6) is 2.32. The molecule has 2 heterocycles. The van der Waals surface area contributed by atoms with Crippen molar-refractivity contribution in [1.82, 2.24) is 4.90 Å². The monoisotopic (exact) mass is 304 g/mol. The second-order valence-corrected chi connectivity index (χ2v) is 6.26. The molecule has 0 saturated carbocycles. The topological polar surface area (TPSA) is 59.5 Å². The fraction of sp³-hybridized carbons (Fsp3) is 0.615. The van der Waals surface area contributed by atoms with Gasteiger partial charge in [-0.2, -0.15) is 11.8 Å². The number of hydrogen-bond acceptors (Lipinski definition) is 4. The maximum atomic E-state index is 12.3. The Morgan fingerprint density at radius 1 is 1.63 bits per heavy atom. The molecule has 1 aliphatic heterocycles. The summed E-state index contributed by atoms with van der Waals surface area (Å²) in [6, 6.07) is 1.74. The lowest BCUT2D eigenvalue weighted by molar-refractivity contribution is 0.0755. The van der Waals surface area contributed by atoms with Gasteiger partial charge in [-0.25, -0.2) is 0 Å². The fourth-order valence-corrected chi connectivity index (χ4v) is 3.34. The van der Waals surface area contributed by atoms with Gasteiger partial charge >= 0.3 is 0 Å². The molecule has 1 aromatic heterocycles. The van der Waals surface area contributed by atoms with Crippen LogP contribution in [-0.4, -0.2) is 34.9 Å². The molecule has 4 nitrogen and oxygen atoms in total. The molecule has 0 aromatic carbocycles. The molecule has 1 atom stereocenters. The van der Waals surface area contributed by atoms with Crippen LogP contribution in [0.3, 0.4) is 0 Å². The maximum absolute atomic E-state index is 12.3. The summed E-state index contributed by atoms with van der Waals surface area (Å²) >= 11 is 1.96. The minimum atomic E-state index is 0. The molecule has 0 radical (unpaired) electrons. The standard InChI is InChI=1S/C13H20N2O2S.ClH/c1-9(2)12-7-15(3-4-18-12)13(16)10-5-11(6-14)17-8-10;/h5,8-9,12H,3-4,6-7,14H2,1-2H3;1H. The van der Waals surface area contributed by atoms with E-state index in [4.69, 9.17) is 10.2 Å². The molecule has 6 heteroatoms. The van der Waals surface area contributed by atoms with Crippen molar-refractivity contribution in [2.45, 2.75) is 25.6 Å². The van der Waals surface area contributed by atoms with Gasteiger partial charge in [-0.3, -0.25) is 4.79 Å². The summed E-state index contributed by atoms with van der Waals surface area (Å²) in [4.78, 5) is 14.2. The summed E-state index contributed by atoms with van der Waals surface area (Å²) in [5, 5.41) is 0.531. The molecule has 1 amide bonds. The van der Waals surface area contributed by atoms with E-state index in [2.05, 4.69) is 13.8 Å². The summed E-state index contributed by atoms with van der Waals surface area (Å²) in [5.41, 5.74) is 6.10. The molecule has 0 spiro atoms.